The summed E-state index contributed by atoms with van der Waals surface area (Å²) in [5, 5.41) is 13.7. The van der Waals surface area contributed by atoms with Gasteiger partial charge in [-0.2, -0.15) is 5.10 Å². The summed E-state index contributed by atoms with van der Waals surface area (Å²) in [6.07, 6.45) is 2.47. The van der Waals surface area contributed by atoms with E-state index in [0.717, 1.165) is 5.56 Å². The lowest BCUT2D eigenvalue weighted by atomic mass is 10.2. The Kier molecular flexibility index (Phi) is 3.06. The molecule has 7 nitrogen and oxygen atoms in total. The third-order valence-corrected chi connectivity index (χ3v) is 3.52. The molecular weight excluding hydrogens is 284 g/mol. The van der Waals surface area contributed by atoms with Gasteiger partial charge in [0.1, 0.15) is 17.0 Å². The summed E-state index contributed by atoms with van der Waals surface area (Å²) >= 11 is 5.70. The van der Waals surface area contributed by atoms with Crippen molar-refractivity contribution in [2.45, 2.75) is 25.4 Å². The maximum absolute atomic E-state index is 12.2. The van der Waals surface area contributed by atoms with Crippen LogP contribution in [0.15, 0.2) is 23.1 Å². The number of pyridine rings is 1. The fourth-order valence-electron chi connectivity index (χ4n) is 2.35. The second-order valence-electron chi connectivity index (χ2n) is 4.61. The van der Waals surface area contributed by atoms with Crippen LogP contribution in [-0.4, -0.2) is 30.4 Å². The highest BCUT2D eigenvalue weighted by Crippen LogP contribution is 2.22. The van der Waals surface area contributed by atoms with Gasteiger partial charge in [0.25, 0.3) is 0 Å². The average molecular weight is 295 g/mol. The van der Waals surface area contributed by atoms with E-state index in [9.17, 15) is 9.59 Å². The molecule has 3 rings (SSSR count). The van der Waals surface area contributed by atoms with Crippen LogP contribution in [0, 0.1) is 0 Å². The average Bonchev–Trinajstić information content (AvgIpc) is 2.94. The third-order valence-electron chi connectivity index (χ3n) is 3.30. The van der Waals surface area contributed by atoms with Crippen molar-refractivity contribution in [2.24, 2.45) is 0 Å². The van der Waals surface area contributed by atoms with Crippen LogP contribution >= 0.6 is 11.6 Å². The molecule has 0 aliphatic carbocycles. The molecule has 2 aromatic rings. The SMILES string of the molecule is O=C(O)[C@@H]1CCc2nn(Cc3ccc(Cl)nc3)c(=O)n21. The van der Waals surface area contributed by atoms with E-state index in [4.69, 9.17) is 16.7 Å². The number of fused-ring (bicyclic) bond motifs is 1. The topological polar surface area (TPSA) is 90.0 Å². The number of aliphatic carboxylic acids is 1. The van der Waals surface area contributed by atoms with Crippen molar-refractivity contribution in [1.82, 2.24) is 19.3 Å². The molecule has 1 aliphatic heterocycles. The standard InChI is InChI=1S/C12H11ClN4O3/c13-9-3-1-7(5-14-9)6-16-12(20)17-8(11(18)19)2-4-10(17)15-16/h1,3,5,8H,2,4,6H2,(H,18,19)/t8-/m0/s1. The Bertz CT molecular complexity index is 719. The summed E-state index contributed by atoms with van der Waals surface area (Å²) in [7, 11) is 0. The van der Waals surface area contributed by atoms with E-state index in [-0.39, 0.29) is 6.54 Å². The lowest BCUT2D eigenvalue weighted by Gasteiger charge is -2.05. The first-order valence-electron chi connectivity index (χ1n) is 6.07. The molecule has 0 saturated heterocycles. The summed E-state index contributed by atoms with van der Waals surface area (Å²) in [6.45, 7) is 0.245. The Morgan fingerprint density at radius 3 is 2.95 bits per heavy atom. The molecule has 8 heteroatoms. The van der Waals surface area contributed by atoms with Gasteiger partial charge >= 0.3 is 11.7 Å². The molecule has 1 aliphatic rings. The molecule has 0 unspecified atom stereocenters. The van der Waals surface area contributed by atoms with E-state index in [2.05, 4.69) is 10.1 Å². The number of carbonyl (C=O) groups is 1. The molecule has 1 N–H and O–H groups in total. The van der Waals surface area contributed by atoms with Crippen LogP contribution in [0.3, 0.4) is 0 Å². The maximum Gasteiger partial charge on any atom is 0.347 e. The minimum absolute atomic E-state index is 0.245. The molecule has 2 aromatic heterocycles. The van der Waals surface area contributed by atoms with Crippen molar-refractivity contribution in [3.8, 4) is 0 Å². The molecule has 0 spiro atoms. The van der Waals surface area contributed by atoms with Gasteiger partial charge in [0, 0.05) is 12.6 Å². The van der Waals surface area contributed by atoms with Crippen LogP contribution in [0.4, 0.5) is 0 Å². The summed E-state index contributed by atoms with van der Waals surface area (Å²) in [4.78, 5) is 27.2. The van der Waals surface area contributed by atoms with Crippen LogP contribution in [0.2, 0.25) is 5.15 Å². The number of carboxylic acids is 1. The van der Waals surface area contributed by atoms with E-state index >= 15 is 0 Å². The fraction of sp³-hybridized carbons (Fsp3) is 0.333. The lowest BCUT2D eigenvalue weighted by molar-refractivity contribution is -0.140. The molecule has 0 aromatic carbocycles. The normalized spacial score (nSPS) is 17.1. The van der Waals surface area contributed by atoms with Crippen LogP contribution in [0.1, 0.15) is 23.9 Å². The van der Waals surface area contributed by atoms with E-state index in [1.165, 1.54) is 9.25 Å². The number of nitrogens with zero attached hydrogens (tertiary/aromatic N) is 4. The number of aromatic nitrogens is 4. The van der Waals surface area contributed by atoms with Crippen LogP contribution < -0.4 is 5.69 Å². The molecule has 0 saturated carbocycles. The van der Waals surface area contributed by atoms with E-state index in [1.807, 2.05) is 0 Å². The molecule has 0 radical (unpaired) electrons. The van der Waals surface area contributed by atoms with Gasteiger partial charge in [-0.15, -0.1) is 0 Å². The smallest absolute Gasteiger partial charge is 0.347 e. The molecule has 20 heavy (non-hydrogen) atoms. The van der Waals surface area contributed by atoms with Crippen molar-refractivity contribution in [1.29, 1.82) is 0 Å². The van der Waals surface area contributed by atoms with Gasteiger partial charge in [-0.1, -0.05) is 17.7 Å². The molecule has 0 bridgehead atoms. The highest BCUT2D eigenvalue weighted by molar-refractivity contribution is 6.29. The number of rotatable bonds is 3. The summed E-state index contributed by atoms with van der Waals surface area (Å²) < 4.78 is 2.51. The van der Waals surface area contributed by atoms with E-state index in [1.54, 1.807) is 18.3 Å². The molecule has 3 heterocycles. The predicted molar refractivity (Wildman–Crippen MR) is 69.8 cm³/mol. The van der Waals surface area contributed by atoms with Gasteiger partial charge < -0.3 is 5.11 Å². The van der Waals surface area contributed by atoms with E-state index < -0.39 is 17.7 Å². The van der Waals surface area contributed by atoms with Gasteiger partial charge in [-0.3, -0.25) is 4.57 Å². The molecule has 104 valence electrons. The number of halogens is 1. The van der Waals surface area contributed by atoms with Crippen molar-refractivity contribution < 1.29 is 9.90 Å². The number of hydrogen-bond acceptors (Lipinski definition) is 4. The minimum Gasteiger partial charge on any atom is -0.480 e. The van der Waals surface area contributed by atoms with Gasteiger partial charge in [0.15, 0.2) is 0 Å². The first kappa shape index (κ1) is 12.9. The zero-order chi connectivity index (χ0) is 14.3. The molecular formula is C12H11ClN4O3. The maximum atomic E-state index is 12.2. The summed E-state index contributed by atoms with van der Waals surface area (Å²) in [6, 6.07) is 2.57. The predicted octanol–water partition coefficient (Wildman–Crippen LogP) is 0.713. The largest absolute Gasteiger partial charge is 0.480 e. The summed E-state index contributed by atoms with van der Waals surface area (Å²) in [5.41, 5.74) is 0.375. The lowest BCUT2D eigenvalue weighted by Crippen LogP contribution is -2.30. The molecule has 0 amide bonds. The number of hydrogen-bond donors (Lipinski definition) is 1. The molecule has 0 fully saturated rings. The summed E-state index contributed by atoms with van der Waals surface area (Å²) in [5.74, 6) is -0.483. The van der Waals surface area contributed by atoms with Crippen molar-refractivity contribution in [3.05, 3.63) is 45.4 Å². The zero-order valence-electron chi connectivity index (χ0n) is 10.4. The highest BCUT2D eigenvalue weighted by atomic mass is 35.5. The monoisotopic (exact) mass is 294 g/mol. The Morgan fingerprint density at radius 1 is 1.50 bits per heavy atom. The van der Waals surface area contributed by atoms with Gasteiger partial charge in [0.05, 0.1) is 6.54 Å². The van der Waals surface area contributed by atoms with Crippen LogP contribution in [0.25, 0.3) is 0 Å². The Balaban J connectivity index is 1.93. The Hall–Kier alpha value is -2.15. The van der Waals surface area contributed by atoms with Crippen LogP contribution in [-0.2, 0) is 17.8 Å². The van der Waals surface area contributed by atoms with Crippen LogP contribution in [0.5, 0.6) is 0 Å². The van der Waals surface area contributed by atoms with Crippen molar-refractivity contribution in [2.75, 3.05) is 0 Å². The Labute approximate surface area is 118 Å². The van der Waals surface area contributed by atoms with Crippen molar-refractivity contribution >= 4 is 17.6 Å². The van der Waals surface area contributed by atoms with Crippen molar-refractivity contribution in [3.63, 3.8) is 0 Å². The van der Waals surface area contributed by atoms with Gasteiger partial charge in [-0.25, -0.2) is 19.3 Å². The first-order chi connectivity index (χ1) is 9.56. The second-order valence-corrected chi connectivity index (χ2v) is 5.00. The van der Waals surface area contributed by atoms with Gasteiger partial charge in [0.2, 0.25) is 0 Å². The number of carboxylic acid groups (broad SMARTS) is 1. The quantitative estimate of drug-likeness (QED) is 0.842. The zero-order valence-corrected chi connectivity index (χ0v) is 11.1. The second kappa shape index (κ2) is 4.75. The van der Waals surface area contributed by atoms with Gasteiger partial charge in [-0.05, 0) is 18.1 Å². The third kappa shape index (κ3) is 2.09. The highest BCUT2D eigenvalue weighted by Gasteiger charge is 2.32. The number of aryl methyl sites for hydroxylation is 1. The van der Waals surface area contributed by atoms with E-state index in [0.29, 0.717) is 23.8 Å². The Morgan fingerprint density at radius 2 is 2.30 bits per heavy atom. The molecule has 1 atom stereocenters. The minimum atomic E-state index is -1.00. The fourth-order valence-corrected chi connectivity index (χ4v) is 2.47. The first-order valence-corrected chi connectivity index (χ1v) is 6.45.